The van der Waals surface area contributed by atoms with Crippen molar-refractivity contribution in [2.75, 3.05) is 0 Å². The van der Waals surface area contributed by atoms with E-state index in [2.05, 4.69) is 4.94 Å². The SMILES string of the molecule is O=C(OF)c1ccccc1Oc1ccc(F)cc1. The van der Waals surface area contributed by atoms with Gasteiger partial charge in [0.05, 0.1) is 0 Å². The molecule has 18 heavy (non-hydrogen) atoms. The summed E-state index contributed by atoms with van der Waals surface area (Å²) in [6.45, 7) is 0. The lowest BCUT2D eigenvalue weighted by atomic mass is 10.2. The molecule has 0 bridgehead atoms. The molecule has 2 aromatic rings. The molecular weight excluding hydrogens is 242 g/mol. The van der Waals surface area contributed by atoms with Crippen molar-refractivity contribution in [3.05, 3.63) is 59.9 Å². The Kier molecular flexibility index (Phi) is 3.52. The molecule has 0 spiro atoms. The standard InChI is InChI=1S/C13H8F2O3/c14-9-5-7-10(8-6-9)17-12-4-2-1-3-11(12)13(16)18-15/h1-8H. The highest BCUT2D eigenvalue weighted by Crippen LogP contribution is 2.25. The molecule has 2 rings (SSSR count). The predicted molar refractivity (Wildman–Crippen MR) is 59.4 cm³/mol. The molecule has 2 aromatic carbocycles. The number of hydrogen-bond acceptors (Lipinski definition) is 3. The monoisotopic (exact) mass is 250 g/mol. The van der Waals surface area contributed by atoms with Gasteiger partial charge < -0.3 is 4.74 Å². The minimum Gasteiger partial charge on any atom is -0.456 e. The zero-order chi connectivity index (χ0) is 13.0. The molecule has 0 aliphatic heterocycles. The van der Waals surface area contributed by atoms with E-state index >= 15 is 0 Å². The fraction of sp³-hybridized carbons (Fsp3) is 0. The zero-order valence-electron chi connectivity index (χ0n) is 9.10. The van der Waals surface area contributed by atoms with Crippen LogP contribution in [0.5, 0.6) is 11.5 Å². The average Bonchev–Trinajstić information content (AvgIpc) is 2.41. The van der Waals surface area contributed by atoms with E-state index in [1.807, 2.05) is 0 Å². The molecule has 0 fully saturated rings. The molecule has 3 nitrogen and oxygen atoms in total. The molecule has 0 saturated carbocycles. The van der Waals surface area contributed by atoms with Gasteiger partial charge in [0.25, 0.3) is 0 Å². The first-order chi connectivity index (χ1) is 8.70. The fourth-order valence-electron chi connectivity index (χ4n) is 1.40. The first-order valence-corrected chi connectivity index (χ1v) is 5.06. The number of ether oxygens (including phenoxy) is 1. The summed E-state index contributed by atoms with van der Waals surface area (Å²) >= 11 is 0. The summed E-state index contributed by atoms with van der Waals surface area (Å²) in [6.07, 6.45) is 0. The van der Waals surface area contributed by atoms with Gasteiger partial charge >= 0.3 is 5.97 Å². The van der Waals surface area contributed by atoms with Gasteiger partial charge in [0, 0.05) is 4.53 Å². The largest absolute Gasteiger partial charge is 0.456 e. The van der Waals surface area contributed by atoms with Crippen LogP contribution in [0.1, 0.15) is 10.4 Å². The number of benzene rings is 2. The van der Waals surface area contributed by atoms with Crippen molar-refractivity contribution >= 4 is 5.97 Å². The highest BCUT2D eigenvalue weighted by molar-refractivity contribution is 5.92. The molecular formula is C13H8F2O3. The fourth-order valence-corrected chi connectivity index (χ4v) is 1.40. The van der Waals surface area contributed by atoms with Crippen molar-refractivity contribution in [3.63, 3.8) is 0 Å². The molecule has 0 amide bonds. The topological polar surface area (TPSA) is 35.5 Å². The lowest BCUT2D eigenvalue weighted by Gasteiger charge is -2.08. The van der Waals surface area contributed by atoms with Gasteiger partial charge in [-0.1, -0.05) is 12.1 Å². The van der Waals surface area contributed by atoms with Crippen molar-refractivity contribution in [2.24, 2.45) is 0 Å². The maximum absolute atomic E-state index is 12.7. The Morgan fingerprint density at radius 1 is 1.00 bits per heavy atom. The van der Waals surface area contributed by atoms with Gasteiger partial charge in [-0.2, -0.15) is 0 Å². The summed E-state index contributed by atoms with van der Waals surface area (Å²) in [4.78, 5) is 14.3. The van der Waals surface area contributed by atoms with Crippen molar-refractivity contribution in [1.82, 2.24) is 0 Å². The maximum atomic E-state index is 12.7. The van der Waals surface area contributed by atoms with Crippen LogP contribution in [0.2, 0.25) is 0 Å². The highest BCUT2D eigenvalue weighted by atomic mass is 19.3. The number of hydrogen-bond donors (Lipinski definition) is 0. The number of carbonyl (C=O) groups is 1. The summed E-state index contributed by atoms with van der Waals surface area (Å²) < 4.78 is 30.0. The summed E-state index contributed by atoms with van der Waals surface area (Å²) in [6, 6.07) is 11.2. The normalized spacial score (nSPS) is 9.89. The third-order valence-corrected chi connectivity index (χ3v) is 2.22. The third kappa shape index (κ3) is 2.63. The van der Waals surface area contributed by atoms with Crippen molar-refractivity contribution < 1.29 is 23.4 Å². The van der Waals surface area contributed by atoms with Crippen molar-refractivity contribution in [1.29, 1.82) is 0 Å². The van der Waals surface area contributed by atoms with E-state index < -0.39 is 11.8 Å². The molecule has 5 heteroatoms. The van der Waals surface area contributed by atoms with Crippen LogP contribution in [-0.2, 0) is 4.94 Å². The predicted octanol–water partition coefficient (Wildman–Crippen LogP) is 3.66. The molecule has 0 N–H and O–H groups in total. The van der Waals surface area contributed by atoms with Crippen LogP contribution in [0, 0.1) is 5.82 Å². The van der Waals surface area contributed by atoms with Crippen LogP contribution in [-0.4, -0.2) is 5.97 Å². The van der Waals surface area contributed by atoms with E-state index in [0.717, 1.165) is 0 Å². The summed E-state index contributed by atoms with van der Waals surface area (Å²) in [5.41, 5.74) is -0.0516. The Morgan fingerprint density at radius 3 is 2.33 bits per heavy atom. The number of rotatable bonds is 3. The first-order valence-electron chi connectivity index (χ1n) is 5.06. The quantitative estimate of drug-likeness (QED) is 0.833. The Balaban J connectivity index is 2.28. The lowest BCUT2D eigenvalue weighted by molar-refractivity contribution is -0.0789. The van der Waals surface area contributed by atoms with Gasteiger partial charge in [0.2, 0.25) is 0 Å². The van der Waals surface area contributed by atoms with Gasteiger partial charge in [-0.3, -0.25) is 0 Å². The third-order valence-electron chi connectivity index (χ3n) is 2.22. The van der Waals surface area contributed by atoms with Crippen LogP contribution < -0.4 is 4.74 Å². The molecule has 0 heterocycles. The first kappa shape index (κ1) is 12.0. The van der Waals surface area contributed by atoms with E-state index in [1.54, 1.807) is 12.1 Å². The lowest BCUT2D eigenvalue weighted by Crippen LogP contribution is -2.01. The number of para-hydroxylation sites is 1. The number of carbonyl (C=O) groups excluding carboxylic acids is 1. The van der Waals surface area contributed by atoms with Crippen molar-refractivity contribution in [2.45, 2.75) is 0 Å². The van der Waals surface area contributed by atoms with Crippen LogP contribution in [0.4, 0.5) is 8.92 Å². The second kappa shape index (κ2) is 5.27. The molecule has 0 aromatic heterocycles. The van der Waals surface area contributed by atoms with Gasteiger partial charge in [0.1, 0.15) is 22.9 Å². The van der Waals surface area contributed by atoms with Crippen LogP contribution in [0.3, 0.4) is 0 Å². The molecule has 0 unspecified atom stereocenters. The molecule has 0 saturated heterocycles. The van der Waals surface area contributed by atoms with Gasteiger partial charge in [0.15, 0.2) is 0 Å². The van der Waals surface area contributed by atoms with E-state index in [0.29, 0.717) is 5.75 Å². The smallest absolute Gasteiger partial charge is 0.383 e. The Hall–Kier alpha value is -2.43. The van der Waals surface area contributed by atoms with Gasteiger partial charge in [-0.15, -0.1) is 0 Å². The van der Waals surface area contributed by atoms with Crippen LogP contribution >= 0.6 is 0 Å². The van der Waals surface area contributed by atoms with E-state index in [-0.39, 0.29) is 11.3 Å². The molecule has 0 aliphatic rings. The minimum atomic E-state index is -1.15. The Bertz CT molecular complexity index is 552. The summed E-state index contributed by atoms with van der Waals surface area (Å²) in [5.74, 6) is -1.09. The highest BCUT2D eigenvalue weighted by Gasteiger charge is 2.14. The Morgan fingerprint density at radius 2 is 1.67 bits per heavy atom. The van der Waals surface area contributed by atoms with E-state index in [9.17, 15) is 13.7 Å². The second-order valence-electron chi connectivity index (χ2n) is 3.42. The second-order valence-corrected chi connectivity index (χ2v) is 3.42. The Labute approximate surface area is 101 Å². The summed E-state index contributed by atoms with van der Waals surface area (Å²) in [7, 11) is 0. The van der Waals surface area contributed by atoms with Crippen LogP contribution in [0.15, 0.2) is 48.5 Å². The summed E-state index contributed by atoms with van der Waals surface area (Å²) in [5, 5.41) is 0. The van der Waals surface area contributed by atoms with E-state index in [4.69, 9.17) is 4.74 Å². The molecule has 0 radical (unpaired) electrons. The van der Waals surface area contributed by atoms with E-state index in [1.165, 1.54) is 36.4 Å². The average molecular weight is 250 g/mol. The minimum absolute atomic E-state index is 0.0516. The number of halogens is 2. The van der Waals surface area contributed by atoms with Gasteiger partial charge in [-0.25, -0.2) is 14.1 Å². The van der Waals surface area contributed by atoms with Gasteiger partial charge in [-0.05, 0) is 36.4 Å². The molecule has 0 aliphatic carbocycles. The zero-order valence-corrected chi connectivity index (χ0v) is 9.10. The van der Waals surface area contributed by atoms with Crippen LogP contribution in [0.25, 0.3) is 0 Å². The molecule has 92 valence electrons. The maximum Gasteiger partial charge on any atom is 0.383 e. The molecule has 0 atom stereocenters. The van der Waals surface area contributed by atoms with Crippen molar-refractivity contribution in [3.8, 4) is 11.5 Å².